The van der Waals surface area contributed by atoms with E-state index in [9.17, 15) is 9.90 Å². The Morgan fingerprint density at radius 1 is 1.42 bits per heavy atom. The van der Waals surface area contributed by atoms with Gasteiger partial charge in [0.1, 0.15) is 0 Å². The highest BCUT2D eigenvalue weighted by Crippen LogP contribution is 2.29. The average Bonchev–Trinajstić information content (AvgIpc) is 2.80. The highest BCUT2D eigenvalue weighted by molar-refractivity contribution is 5.88. The predicted molar refractivity (Wildman–Crippen MR) is 68.8 cm³/mol. The maximum atomic E-state index is 11.6. The summed E-state index contributed by atoms with van der Waals surface area (Å²) in [6, 6.07) is 0. The van der Waals surface area contributed by atoms with Crippen molar-refractivity contribution in [3.05, 3.63) is 11.4 Å². The molecule has 0 atom stereocenters. The molecule has 0 amide bonds. The Hall–Kier alpha value is -1.43. The fourth-order valence-electron chi connectivity index (χ4n) is 2.71. The van der Waals surface area contributed by atoms with Crippen molar-refractivity contribution in [3.63, 3.8) is 0 Å². The molecule has 1 fully saturated rings. The Morgan fingerprint density at radius 2 is 2.11 bits per heavy atom. The Morgan fingerprint density at radius 3 is 2.68 bits per heavy atom. The van der Waals surface area contributed by atoms with E-state index in [4.69, 9.17) is 0 Å². The van der Waals surface area contributed by atoms with E-state index in [-0.39, 0.29) is 5.69 Å². The quantitative estimate of drug-likeness (QED) is 0.833. The van der Waals surface area contributed by atoms with Gasteiger partial charge in [0.2, 0.25) is 0 Å². The van der Waals surface area contributed by atoms with Crippen molar-refractivity contribution in [1.29, 1.82) is 0 Å². The summed E-state index contributed by atoms with van der Waals surface area (Å²) in [4.78, 5) is 11.6. The molecule has 1 aromatic heterocycles. The lowest BCUT2D eigenvalue weighted by atomic mass is 9.85. The van der Waals surface area contributed by atoms with Crippen molar-refractivity contribution >= 4 is 5.97 Å². The first-order valence-electron chi connectivity index (χ1n) is 6.82. The van der Waals surface area contributed by atoms with Crippen LogP contribution in [0.15, 0.2) is 0 Å². The van der Waals surface area contributed by atoms with Gasteiger partial charge in [-0.05, 0) is 19.3 Å². The second kappa shape index (κ2) is 5.69. The van der Waals surface area contributed by atoms with Gasteiger partial charge in [-0.2, -0.15) is 0 Å². The molecule has 1 N–H and O–H groups in total. The van der Waals surface area contributed by atoms with Crippen LogP contribution in [0.25, 0.3) is 0 Å². The number of hydrogen-bond acceptors (Lipinski definition) is 5. The molecule has 0 aromatic carbocycles. The van der Waals surface area contributed by atoms with Crippen LogP contribution in [-0.4, -0.2) is 38.8 Å². The summed E-state index contributed by atoms with van der Waals surface area (Å²) in [5.41, 5.74) is 0.263. The zero-order valence-corrected chi connectivity index (χ0v) is 11.6. The normalized spacial score (nSPS) is 18.3. The molecule has 19 heavy (non-hydrogen) atoms. The molecular weight excluding hydrogens is 246 g/mol. The molecule has 1 saturated carbocycles. The summed E-state index contributed by atoms with van der Waals surface area (Å²) < 4.78 is 6.34. The van der Waals surface area contributed by atoms with Crippen LogP contribution in [0.4, 0.5) is 0 Å². The third-order valence-corrected chi connectivity index (χ3v) is 3.78. The highest BCUT2D eigenvalue weighted by atomic mass is 16.5. The Labute approximate surface area is 112 Å². The lowest BCUT2D eigenvalue weighted by Crippen LogP contribution is -2.37. The van der Waals surface area contributed by atoms with Crippen molar-refractivity contribution < 1.29 is 14.6 Å². The van der Waals surface area contributed by atoms with Gasteiger partial charge in [-0.3, -0.25) is 0 Å². The molecule has 2 rings (SSSR count). The molecular formula is C13H21N3O3. The first-order valence-corrected chi connectivity index (χ1v) is 6.82. The SMILES string of the molecule is CCc1c(C(=O)OC)nnn1CC1(O)CCCCC1. The molecule has 0 saturated heterocycles. The zero-order valence-electron chi connectivity index (χ0n) is 11.6. The molecule has 106 valence electrons. The number of methoxy groups -OCH3 is 1. The van der Waals surface area contributed by atoms with Gasteiger partial charge in [0.05, 0.1) is 24.9 Å². The van der Waals surface area contributed by atoms with Crippen LogP contribution in [0.2, 0.25) is 0 Å². The number of ether oxygens (including phenoxy) is 1. The second-order valence-electron chi connectivity index (χ2n) is 5.17. The van der Waals surface area contributed by atoms with Gasteiger partial charge < -0.3 is 9.84 Å². The summed E-state index contributed by atoms with van der Waals surface area (Å²) in [7, 11) is 1.33. The van der Waals surface area contributed by atoms with Crippen LogP contribution >= 0.6 is 0 Å². The molecule has 1 aliphatic rings. The first-order chi connectivity index (χ1) is 9.09. The largest absolute Gasteiger partial charge is 0.464 e. The molecule has 0 radical (unpaired) electrons. The molecule has 1 heterocycles. The van der Waals surface area contributed by atoms with Gasteiger partial charge in [0.15, 0.2) is 5.69 Å². The Bertz CT molecular complexity index is 450. The van der Waals surface area contributed by atoms with E-state index in [0.29, 0.717) is 13.0 Å². The van der Waals surface area contributed by atoms with E-state index < -0.39 is 11.6 Å². The van der Waals surface area contributed by atoms with Crippen LogP contribution in [-0.2, 0) is 17.7 Å². The Kier molecular flexibility index (Phi) is 4.19. The van der Waals surface area contributed by atoms with Gasteiger partial charge in [-0.1, -0.05) is 31.4 Å². The summed E-state index contributed by atoms with van der Waals surface area (Å²) in [6.45, 7) is 2.34. The van der Waals surface area contributed by atoms with Gasteiger partial charge in [-0.15, -0.1) is 5.10 Å². The minimum atomic E-state index is -0.719. The standard InChI is InChI=1S/C13H21N3O3/c1-3-10-11(12(17)19-2)14-15-16(10)9-13(18)7-5-4-6-8-13/h18H,3-9H2,1-2H3. The number of aliphatic hydroxyl groups is 1. The minimum Gasteiger partial charge on any atom is -0.464 e. The number of aromatic nitrogens is 3. The summed E-state index contributed by atoms with van der Waals surface area (Å²) in [5.74, 6) is -0.473. The van der Waals surface area contributed by atoms with Crippen molar-refractivity contribution in [1.82, 2.24) is 15.0 Å². The maximum Gasteiger partial charge on any atom is 0.360 e. The zero-order chi connectivity index (χ0) is 13.9. The lowest BCUT2D eigenvalue weighted by molar-refractivity contribution is -0.0153. The van der Waals surface area contributed by atoms with Gasteiger partial charge >= 0.3 is 5.97 Å². The van der Waals surface area contributed by atoms with Crippen molar-refractivity contribution in [2.45, 2.75) is 57.6 Å². The molecule has 0 unspecified atom stereocenters. The molecule has 0 bridgehead atoms. The monoisotopic (exact) mass is 267 g/mol. The second-order valence-corrected chi connectivity index (χ2v) is 5.17. The number of carbonyl (C=O) groups excluding carboxylic acids is 1. The van der Waals surface area contributed by atoms with Gasteiger partial charge in [0, 0.05) is 0 Å². The average molecular weight is 267 g/mol. The van der Waals surface area contributed by atoms with Crippen molar-refractivity contribution in [2.75, 3.05) is 7.11 Å². The number of rotatable bonds is 4. The fraction of sp³-hybridized carbons (Fsp3) is 0.769. The first kappa shape index (κ1) is 14.0. The smallest absolute Gasteiger partial charge is 0.360 e. The van der Waals surface area contributed by atoms with Crippen LogP contribution in [0.1, 0.15) is 55.2 Å². The van der Waals surface area contributed by atoms with E-state index in [1.54, 1.807) is 4.68 Å². The maximum absolute atomic E-state index is 11.6. The van der Waals surface area contributed by atoms with Crippen LogP contribution in [0.3, 0.4) is 0 Å². The number of hydrogen-bond donors (Lipinski definition) is 1. The molecule has 1 aromatic rings. The minimum absolute atomic E-state index is 0.254. The van der Waals surface area contributed by atoms with E-state index in [1.807, 2.05) is 6.92 Å². The molecule has 1 aliphatic carbocycles. The summed E-state index contributed by atoms with van der Waals surface area (Å²) in [5, 5.41) is 18.4. The molecule has 0 aliphatic heterocycles. The molecule has 0 spiro atoms. The van der Waals surface area contributed by atoms with E-state index in [2.05, 4.69) is 15.0 Å². The van der Waals surface area contributed by atoms with Gasteiger partial charge in [-0.25, -0.2) is 9.48 Å². The Balaban J connectivity index is 2.20. The third-order valence-electron chi connectivity index (χ3n) is 3.78. The van der Waals surface area contributed by atoms with Gasteiger partial charge in [0.25, 0.3) is 0 Å². The molecule has 6 heteroatoms. The highest BCUT2D eigenvalue weighted by Gasteiger charge is 2.31. The number of carbonyl (C=O) groups is 1. The van der Waals surface area contributed by atoms with E-state index in [0.717, 1.165) is 31.4 Å². The van der Waals surface area contributed by atoms with Crippen LogP contribution in [0.5, 0.6) is 0 Å². The number of esters is 1. The van der Waals surface area contributed by atoms with Crippen LogP contribution < -0.4 is 0 Å². The van der Waals surface area contributed by atoms with Crippen molar-refractivity contribution in [3.8, 4) is 0 Å². The van der Waals surface area contributed by atoms with Crippen LogP contribution in [0, 0.1) is 0 Å². The van der Waals surface area contributed by atoms with Crippen molar-refractivity contribution in [2.24, 2.45) is 0 Å². The fourth-order valence-corrected chi connectivity index (χ4v) is 2.71. The predicted octanol–water partition coefficient (Wildman–Crippen LogP) is 1.32. The van der Waals surface area contributed by atoms with E-state index >= 15 is 0 Å². The topological polar surface area (TPSA) is 77.2 Å². The number of nitrogens with zero attached hydrogens (tertiary/aromatic N) is 3. The lowest BCUT2D eigenvalue weighted by Gasteiger charge is -2.32. The third kappa shape index (κ3) is 2.94. The summed E-state index contributed by atoms with van der Waals surface area (Å²) in [6.07, 6.45) is 5.45. The van der Waals surface area contributed by atoms with E-state index in [1.165, 1.54) is 13.5 Å². The molecule has 6 nitrogen and oxygen atoms in total. The summed E-state index contributed by atoms with van der Waals surface area (Å²) >= 11 is 0.